The third-order valence-electron chi connectivity index (χ3n) is 4.84. The van der Waals surface area contributed by atoms with Crippen LogP contribution >= 0.6 is 0 Å². The normalized spacial score (nSPS) is 17.2. The van der Waals surface area contributed by atoms with Crippen molar-refractivity contribution in [3.05, 3.63) is 54.1 Å². The summed E-state index contributed by atoms with van der Waals surface area (Å²) in [4.78, 5) is 15.9. The van der Waals surface area contributed by atoms with Crippen molar-refractivity contribution < 1.29 is 22.7 Å². The molecule has 0 spiro atoms. The Bertz CT molecular complexity index is 959. The SMILES string of the molecule is COc1ccc([C@H]2N(C(=O)N(C)C)CCN2S(=O)(=O)c2ccc(OC)cc2)cc1. The number of hydrogen-bond acceptors (Lipinski definition) is 5. The summed E-state index contributed by atoms with van der Waals surface area (Å²) in [6, 6.07) is 13.0. The number of nitrogens with zero attached hydrogens (tertiary/aromatic N) is 3. The maximum Gasteiger partial charge on any atom is 0.321 e. The zero-order valence-electron chi connectivity index (χ0n) is 16.9. The van der Waals surface area contributed by atoms with Gasteiger partial charge >= 0.3 is 6.03 Å². The first-order chi connectivity index (χ1) is 13.8. The third-order valence-corrected chi connectivity index (χ3v) is 6.71. The molecular formula is C20H25N3O5S. The fourth-order valence-corrected chi connectivity index (χ4v) is 4.89. The molecule has 156 valence electrons. The average molecular weight is 420 g/mol. The number of hydrogen-bond donors (Lipinski definition) is 0. The van der Waals surface area contributed by atoms with Gasteiger partial charge in [-0.25, -0.2) is 13.2 Å². The highest BCUT2D eigenvalue weighted by Gasteiger charge is 2.43. The van der Waals surface area contributed by atoms with E-state index in [0.29, 0.717) is 23.6 Å². The van der Waals surface area contributed by atoms with Crippen LogP contribution in [0.5, 0.6) is 11.5 Å². The van der Waals surface area contributed by atoms with Crippen LogP contribution in [0.15, 0.2) is 53.4 Å². The zero-order valence-corrected chi connectivity index (χ0v) is 17.7. The minimum absolute atomic E-state index is 0.149. The van der Waals surface area contributed by atoms with Crippen LogP contribution in [-0.4, -0.2) is 70.0 Å². The maximum absolute atomic E-state index is 13.4. The molecule has 3 rings (SSSR count). The van der Waals surface area contributed by atoms with Crippen LogP contribution in [0.2, 0.25) is 0 Å². The van der Waals surface area contributed by atoms with E-state index in [1.54, 1.807) is 62.5 Å². The second kappa shape index (κ2) is 8.30. The molecule has 0 N–H and O–H groups in total. The van der Waals surface area contributed by atoms with Crippen LogP contribution in [0.1, 0.15) is 11.7 Å². The Kier molecular flexibility index (Phi) is 5.99. The Morgan fingerprint density at radius 2 is 1.45 bits per heavy atom. The molecule has 1 fully saturated rings. The lowest BCUT2D eigenvalue weighted by atomic mass is 10.1. The molecule has 9 heteroatoms. The van der Waals surface area contributed by atoms with Crippen LogP contribution < -0.4 is 9.47 Å². The van der Waals surface area contributed by atoms with Crippen molar-refractivity contribution in [1.29, 1.82) is 0 Å². The second-order valence-corrected chi connectivity index (χ2v) is 8.70. The Hall–Kier alpha value is -2.78. The first-order valence-corrected chi connectivity index (χ1v) is 10.5. The largest absolute Gasteiger partial charge is 0.497 e. The number of methoxy groups -OCH3 is 2. The van der Waals surface area contributed by atoms with Gasteiger partial charge in [0, 0.05) is 27.2 Å². The van der Waals surface area contributed by atoms with Crippen molar-refractivity contribution in [2.24, 2.45) is 0 Å². The van der Waals surface area contributed by atoms with Crippen molar-refractivity contribution in [1.82, 2.24) is 14.1 Å². The van der Waals surface area contributed by atoms with E-state index in [1.165, 1.54) is 28.4 Å². The summed E-state index contributed by atoms with van der Waals surface area (Å²) in [6.07, 6.45) is -0.747. The summed E-state index contributed by atoms with van der Waals surface area (Å²) in [6.45, 7) is 0.494. The highest BCUT2D eigenvalue weighted by atomic mass is 32.2. The lowest BCUT2D eigenvalue weighted by Gasteiger charge is -2.31. The van der Waals surface area contributed by atoms with Gasteiger partial charge in [-0.2, -0.15) is 4.31 Å². The summed E-state index contributed by atoms with van der Waals surface area (Å²) in [7, 11) is 2.54. The smallest absolute Gasteiger partial charge is 0.321 e. The van der Waals surface area contributed by atoms with E-state index >= 15 is 0 Å². The zero-order chi connectivity index (χ0) is 21.2. The van der Waals surface area contributed by atoms with E-state index in [0.717, 1.165) is 0 Å². The van der Waals surface area contributed by atoms with E-state index in [9.17, 15) is 13.2 Å². The Morgan fingerprint density at radius 3 is 1.93 bits per heavy atom. The van der Waals surface area contributed by atoms with Gasteiger partial charge in [-0.1, -0.05) is 12.1 Å². The van der Waals surface area contributed by atoms with Crippen molar-refractivity contribution in [2.45, 2.75) is 11.1 Å². The lowest BCUT2D eigenvalue weighted by Crippen LogP contribution is -2.42. The van der Waals surface area contributed by atoms with Gasteiger partial charge < -0.3 is 19.3 Å². The van der Waals surface area contributed by atoms with Crippen LogP contribution in [0.25, 0.3) is 0 Å². The van der Waals surface area contributed by atoms with E-state index in [4.69, 9.17) is 9.47 Å². The molecule has 2 amide bonds. The first-order valence-electron chi connectivity index (χ1n) is 9.07. The predicted molar refractivity (Wildman–Crippen MR) is 108 cm³/mol. The number of rotatable bonds is 5. The molecule has 1 saturated heterocycles. The van der Waals surface area contributed by atoms with Gasteiger partial charge in [-0.3, -0.25) is 0 Å². The van der Waals surface area contributed by atoms with Gasteiger partial charge in [-0.15, -0.1) is 0 Å². The standard InChI is InChI=1S/C20H25N3O5S/c1-21(2)20(24)22-13-14-23(19(22)15-5-7-16(27-3)8-6-15)29(25,26)18-11-9-17(28-4)10-12-18/h5-12,19H,13-14H2,1-4H3/t19-/m0/s1. The van der Waals surface area contributed by atoms with E-state index < -0.39 is 16.2 Å². The summed E-state index contributed by atoms with van der Waals surface area (Å²) in [5.74, 6) is 1.23. The molecule has 1 aliphatic rings. The number of urea groups is 1. The molecule has 0 bridgehead atoms. The van der Waals surface area contributed by atoms with Gasteiger partial charge in [0.2, 0.25) is 10.0 Å². The fraction of sp³-hybridized carbons (Fsp3) is 0.350. The molecule has 1 atom stereocenters. The van der Waals surface area contributed by atoms with Gasteiger partial charge in [0.1, 0.15) is 17.7 Å². The van der Waals surface area contributed by atoms with Crippen molar-refractivity contribution in [2.75, 3.05) is 41.4 Å². The number of amides is 2. The quantitative estimate of drug-likeness (QED) is 0.744. The molecule has 0 saturated carbocycles. The average Bonchev–Trinajstić information content (AvgIpc) is 3.19. The molecule has 0 radical (unpaired) electrons. The van der Waals surface area contributed by atoms with Gasteiger partial charge in [0.05, 0.1) is 19.1 Å². The van der Waals surface area contributed by atoms with Crippen molar-refractivity contribution >= 4 is 16.1 Å². The van der Waals surface area contributed by atoms with Crippen LogP contribution in [0.3, 0.4) is 0 Å². The summed E-state index contributed by atoms with van der Waals surface area (Å²) >= 11 is 0. The van der Waals surface area contributed by atoms with Gasteiger partial charge in [0.25, 0.3) is 0 Å². The maximum atomic E-state index is 13.4. The highest BCUT2D eigenvalue weighted by molar-refractivity contribution is 7.89. The van der Waals surface area contributed by atoms with Crippen LogP contribution in [0.4, 0.5) is 4.79 Å². The van der Waals surface area contributed by atoms with Gasteiger partial charge in [-0.05, 0) is 42.0 Å². The lowest BCUT2D eigenvalue weighted by molar-refractivity contribution is 0.151. The number of sulfonamides is 1. The van der Waals surface area contributed by atoms with E-state index in [-0.39, 0.29) is 17.5 Å². The monoisotopic (exact) mass is 419 g/mol. The molecule has 0 unspecified atom stereocenters. The number of benzene rings is 2. The molecule has 0 aromatic heterocycles. The van der Waals surface area contributed by atoms with Crippen LogP contribution in [-0.2, 0) is 10.0 Å². The second-order valence-electron chi connectivity index (χ2n) is 6.81. The molecule has 29 heavy (non-hydrogen) atoms. The number of ether oxygens (including phenoxy) is 2. The highest BCUT2D eigenvalue weighted by Crippen LogP contribution is 2.36. The van der Waals surface area contributed by atoms with Gasteiger partial charge in [0.15, 0.2) is 0 Å². The van der Waals surface area contributed by atoms with Crippen LogP contribution in [0, 0.1) is 0 Å². The topological polar surface area (TPSA) is 79.4 Å². The van der Waals surface area contributed by atoms with Crippen molar-refractivity contribution in [3.8, 4) is 11.5 Å². The summed E-state index contributed by atoms with van der Waals surface area (Å²) < 4.78 is 38.4. The van der Waals surface area contributed by atoms with E-state index in [2.05, 4.69) is 0 Å². The fourth-order valence-electron chi connectivity index (χ4n) is 3.32. The minimum atomic E-state index is -3.83. The molecule has 2 aromatic carbocycles. The number of carbonyl (C=O) groups excluding carboxylic acids is 1. The molecule has 2 aromatic rings. The third kappa shape index (κ3) is 4.01. The predicted octanol–water partition coefficient (Wildman–Crippen LogP) is 2.39. The number of carbonyl (C=O) groups is 1. The summed E-state index contributed by atoms with van der Waals surface area (Å²) in [5, 5.41) is 0. The first kappa shape index (κ1) is 20.9. The molecule has 1 heterocycles. The molecule has 0 aliphatic carbocycles. The summed E-state index contributed by atoms with van der Waals surface area (Å²) in [5.41, 5.74) is 0.690. The molecule has 1 aliphatic heterocycles. The minimum Gasteiger partial charge on any atom is -0.497 e. The molecule has 8 nitrogen and oxygen atoms in total. The Morgan fingerprint density at radius 1 is 0.931 bits per heavy atom. The molecular weight excluding hydrogens is 394 g/mol. The van der Waals surface area contributed by atoms with E-state index in [1.807, 2.05) is 0 Å². The van der Waals surface area contributed by atoms with Crippen molar-refractivity contribution in [3.63, 3.8) is 0 Å². The Labute approximate surface area is 171 Å². The Balaban J connectivity index is 2.03.